The van der Waals surface area contributed by atoms with Gasteiger partial charge in [-0.25, -0.2) is 4.99 Å². The van der Waals surface area contributed by atoms with Crippen LogP contribution in [0, 0.1) is 0 Å². The molecule has 1 unspecified atom stereocenters. The number of hydrogen-bond donors (Lipinski definition) is 2. The Hall–Kier alpha value is -2.27. The SMILES string of the molecule is CCNC(=NCC(C)(O)c1ccco1)N(C)Cc1ccc(CC)cc1. The third-order valence-electron chi connectivity index (χ3n) is 4.14. The van der Waals surface area contributed by atoms with Crippen LogP contribution in [0.4, 0.5) is 0 Å². The molecule has 2 N–H and O–H groups in total. The molecule has 25 heavy (non-hydrogen) atoms. The van der Waals surface area contributed by atoms with Crippen LogP contribution in [0.5, 0.6) is 0 Å². The molecule has 1 aromatic carbocycles. The van der Waals surface area contributed by atoms with E-state index in [9.17, 15) is 5.11 Å². The van der Waals surface area contributed by atoms with Gasteiger partial charge >= 0.3 is 0 Å². The monoisotopic (exact) mass is 343 g/mol. The Labute approximate surface area is 150 Å². The number of rotatable bonds is 7. The Morgan fingerprint density at radius 3 is 2.44 bits per heavy atom. The van der Waals surface area contributed by atoms with Crippen molar-refractivity contribution < 1.29 is 9.52 Å². The molecule has 0 aliphatic heterocycles. The molecule has 136 valence electrons. The molecule has 0 fully saturated rings. The molecule has 0 bridgehead atoms. The van der Waals surface area contributed by atoms with E-state index in [2.05, 4.69) is 46.4 Å². The summed E-state index contributed by atoms with van der Waals surface area (Å²) < 4.78 is 5.32. The molecule has 0 saturated carbocycles. The molecule has 1 atom stereocenters. The zero-order valence-electron chi connectivity index (χ0n) is 15.6. The van der Waals surface area contributed by atoms with Crippen molar-refractivity contribution >= 4 is 5.96 Å². The van der Waals surface area contributed by atoms with Gasteiger partial charge < -0.3 is 19.7 Å². The summed E-state index contributed by atoms with van der Waals surface area (Å²) in [5.41, 5.74) is 1.43. The van der Waals surface area contributed by atoms with Gasteiger partial charge in [0, 0.05) is 20.1 Å². The average Bonchev–Trinajstić information content (AvgIpc) is 3.15. The maximum Gasteiger partial charge on any atom is 0.194 e. The first kappa shape index (κ1) is 19.1. The zero-order chi connectivity index (χ0) is 18.3. The van der Waals surface area contributed by atoms with Crippen LogP contribution in [-0.4, -0.2) is 36.1 Å². The van der Waals surface area contributed by atoms with Gasteiger partial charge in [-0.15, -0.1) is 0 Å². The molecule has 5 nitrogen and oxygen atoms in total. The molecule has 2 aromatic rings. The van der Waals surface area contributed by atoms with E-state index in [1.54, 1.807) is 25.3 Å². The normalized spacial score (nSPS) is 14.2. The quantitative estimate of drug-likeness (QED) is 0.599. The molecule has 0 spiro atoms. The summed E-state index contributed by atoms with van der Waals surface area (Å²) in [7, 11) is 2.00. The first-order valence-electron chi connectivity index (χ1n) is 8.80. The van der Waals surface area contributed by atoms with Crippen LogP contribution < -0.4 is 5.32 Å². The largest absolute Gasteiger partial charge is 0.466 e. The van der Waals surface area contributed by atoms with Crippen molar-refractivity contribution in [2.75, 3.05) is 20.1 Å². The summed E-state index contributed by atoms with van der Waals surface area (Å²) in [5.74, 6) is 1.28. The third-order valence-corrected chi connectivity index (χ3v) is 4.14. The summed E-state index contributed by atoms with van der Waals surface area (Å²) in [6.07, 6.45) is 2.60. The lowest BCUT2D eigenvalue weighted by atomic mass is 10.0. The van der Waals surface area contributed by atoms with E-state index < -0.39 is 5.60 Å². The number of benzene rings is 1. The Morgan fingerprint density at radius 1 is 1.20 bits per heavy atom. The molecule has 1 aromatic heterocycles. The topological polar surface area (TPSA) is 61.0 Å². The van der Waals surface area contributed by atoms with Gasteiger partial charge in [0.1, 0.15) is 11.4 Å². The Morgan fingerprint density at radius 2 is 1.88 bits per heavy atom. The van der Waals surface area contributed by atoms with Crippen LogP contribution in [0.2, 0.25) is 0 Å². The number of aryl methyl sites for hydroxylation is 1. The molecular weight excluding hydrogens is 314 g/mol. The van der Waals surface area contributed by atoms with Crippen LogP contribution in [0.1, 0.15) is 37.7 Å². The van der Waals surface area contributed by atoms with Crippen LogP contribution in [-0.2, 0) is 18.6 Å². The fourth-order valence-corrected chi connectivity index (χ4v) is 2.59. The smallest absolute Gasteiger partial charge is 0.194 e. The van der Waals surface area contributed by atoms with E-state index in [0.717, 1.165) is 25.5 Å². The van der Waals surface area contributed by atoms with Gasteiger partial charge in [-0.1, -0.05) is 31.2 Å². The fourth-order valence-electron chi connectivity index (χ4n) is 2.59. The third kappa shape index (κ3) is 5.36. The van der Waals surface area contributed by atoms with Gasteiger partial charge in [0.05, 0.1) is 12.8 Å². The van der Waals surface area contributed by atoms with Gasteiger partial charge in [-0.2, -0.15) is 0 Å². The Kier molecular flexibility index (Phi) is 6.65. The van der Waals surface area contributed by atoms with Gasteiger partial charge in [0.15, 0.2) is 5.96 Å². The predicted octanol–water partition coefficient (Wildman–Crippen LogP) is 3.15. The van der Waals surface area contributed by atoms with Crippen LogP contribution in [0.15, 0.2) is 52.1 Å². The van der Waals surface area contributed by atoms with Crippen LogP contribution in [0.25, 0.3) is 0 Å². The maximum absolute atomic E-state index is 10.6. The molecule has 0 aliphatic carbocycles. The van der Waals surface area contributed by atoms with E-state index in [-0.39, 0.29) is 6.54 Å². The lowest BCUT2D eigenvalue weighted by molar-refractivity contribution is 0.0435. The van der Waals surface area contributed by atoms with Crippen LogP contribution in [0.3, 0.4) is 0 Å². The van der Waals surface area contributed by atoms with E-state index in [1.165, 1.54) is 11.1 Å². The van der Waals surface area contributed by atoms with E-state index in [0.29, 0.717) is 5.76 Å². The van der Waals surface area contributed by atoms with E-state index in [4.69, 9.17) is 4.42 Å². The van der Waals surface area contributed by atoms with E-state index in [1.807, 2.05) is 14.0 Å². The van der Waals surface area contributed by atoms with Crippen molar-refractivity contribution in [1.82, 2.24) is 10.2 Å². The summed E-state index contributed by atoms with van der Waals surface area (Å²) in [4.78, 5) is 6.65. The lowest BCUT2D eigenvalue weighted by Crippen LogP contribution is -2.39. The summed E-state index contributed by atoms with van der Waals surface area (Å²) in [6.45, 7) is 7.63. The summed E-state index contributed by atoms with van der Waals surface area (Å²) >= 11 is 0. The van der Waals surface area contributed by atoms with Crippen molar-refractivity contribution in [1.29, 1.82) is 0 Å². The standard InChI is InChI=1S/C20H29N3O2/c1-5-16-9-11-17(12-10-16)14-23(4)19(21-6-2)22-15-20(3,24)18-8-7-13-25-18/h7-13,24H,5-6,14-15H2,1-4H3,(H,21,22). The van der Waals surface area contributed by atoms with Crippen molar-refractivity contribution in [3.8, 4) is 0 Å². The summed E-state index contributed by atoms with van der Waals surface area (Å²) in [6, 6.07) is 12.2. The Balaban J connectivity index is 2.07. The lowest BCUT2D eigenvalue weighted by Gasteiger charge is -2.24. The number of hydrogen-bond acceptors (Lipinski definition) is 3. The highest BCUT2D eigenvalue weighted by Crippen LogP contribution is 2.21. The van der Waals surface area contributed by atoms with Crippen molar-refractivity contribution in [2.45, 2.75) is 39.3 Å². The van der Waals surface area contributed by atoms with E-state index >= 15 is 0 Å². The van der Waals surface area contributed by atoms with Gasteiger partial charge in [-0.05, 0) is 43.5 Å². The number of aliphatic hydroxyl groups is 1. The molecule has 1 heterocycles. The fraction of sp³-hybridized carbons (Fsp3) is 0.450. The van der Waals surface area contributed by atoms with Gasteiger partial charge in [0.2, 0.25) is 0 Å². The minimum Gasteiger partial charge on any atom is -0.466 e. The molecule has 2 rings (SSSR count). The second-order valence-electron chi connectivity index (χ2n) is 6.45. The number of furan rings is 1. The first-order chi connectivity index (χ1) is 12.0. The number of nitrogens with zero attached hydrogens (tertiary/aromatic N) is 2. The highest BCUT2D eigenvalue weighted by Gasteiger charge is 2.26. The van der Waals surface area contributed by atoms with Gasteiger partial charge in [0.25, 0.3) is 0 Å². The second-order valence-corrected chi connectivity index (χ2v) is 6.45. The van der Waals surface area contributed by atoms with Gasteiger partial charge in [-0.3, -0.25) is 0 Å². The number of nitrogens with one attached hydrogen (secondary N) is 1. The van der Waals surface area contributed by atoms with Crippen molar-refractivity contribution in [2.24, 2.45) is 4.99 Å². The minimum atomic E-state index is -1.13. The Bertz CT molecular complexity index is 661. The average molecular weight is 343 g/mol. The zero-order valence-corrected chi connectivity index (χ0v) is 15.6. The highest BCUT2D eigenvalue weighted by atomic mass is 16.4. The van der Waals surface area contributed by atoms with Crippen LogP contribution >= 0.6 is 0 Å². The highest BCUT2D eigenvalue weighted by molar-refractivity contribution is 5.79. The predicted molar refractivity (Wildman–Crippen MR) is 102 cm³/mol. The number of aliphatic imine (C=N–C) groups is 1. The molecule has 5 heteroatoms. The second kappa shape index (κ2) is 8.72. The molecule has 0 radical (unpaired) electrons. The summed E-state index contributed by atoms with van der Waals surface area (Å²) in [5, 5.41) is 13.9. The maximum atomic E-state index is 10.6. The first-order valence-corrected chi connectivity index (χ1v) is 8.80. The van der Waals surface area contributed by atoms with Crippen molar-refractivity contribution in [3.05, 3.63) is 59.5 Å². The molecule has 0 amide bonds. The van der Waals surface area contributed by atoms with Crippen molar-refractivity contribution in [3.63, 3.8) is 0 Å². The molecule has 0 saturated heterocycles. The molecular formula is C20H29N3O2. The minimum absolute atomic E-state index is 0.224. The number of guanidine groups is 1. The molecule has 0 aliphatic rings.